The SMILES string of the molecule is CCn1c2c(c(=O)n3ncc(C(=O)NCC4CCN(Cc5ccccc5F)CC4)c13)CNCC2. The van der Waals surface area contributed by atoms with Gasteiger partial charge in [0.2, 0.25) is 0 Å². The highest BCUT2D eigenvalue weighted by Crippen LogP contribution is 2.21. The van der Waals surface area contributed by atoms with Crippen LogP contribution in [-0.4, -0.2) is 51.2 Å². The molecule has 3 aromatic rings. The van der Waals surface area contributed by atoms with Crippen molar-refractivity contribution in [3.05, 3.63) is 69.0 Å². The summed E-state index contributed by atoms with van der Waals surface area (Å²) in [7, 11) is 0. The average Bonchev–Trinajstić information content (AvgIpc) is 3.31. The summed E-state index contributed by atoms with van der Waals surface area (Å²) in [6.45, 7) is 6.98. The van der Waals surface area contributed by atoms with Gasteiger partial charge < -0.3 is 15.2 Å². The van der Waals surface area contributed by atoms with Gasteiger partial charge in [-0.15, -0.1) is 0 Å². The Morgan fingerprint density at radius 3 is 2.82 bits per heavy atom. The van der Waals surface area contributed by atoms with Crippen LogP contribution in [0.4, 0.5) is 4.39 Å². The van der Waals surface area contributed by atoms with E-state index in [1.54, 1.807) is 6.07 Å². The van der Waals surface area contributed by atoms with Crippen LogP contribution in [-0.2, 0) is 26.1 Å². The number of fused-ring (bicyclic) bond motifs is 2. The van der Waals surface area contributed by atoms with Crippen LogP contribution in [0.1, 0.15) is 46.9 Å². The van der Waals surface area contributed by atoms with E-state index in [9.17, 15) is 14.0 Å². The van der Waals surface area contributed by atoms with Crippen molar-refractivity contribution < 1.29 is 9.18 Å². The van der Waals surface area contributed by atoms with Crippen LogP contribution in [0.25, 0.3) is 5.65 Å². The molecule has 1 aromatic carbocycles. The number of benzene rings is 1. The molecule has 34 heavy (non-hydrogen) atoms. The predicted molar refractivity (Wildman–Crippen MR) is 127 cm³/mol. The summed E-state index contributed by atoms with van der Waals surface area (Å²) in [4.78, 5) is 28.3. The molecule has 2 aliphatic rings. The fraction of sp³-hybridized carbons (Fsp3) is 0.480. The summed E-state index contributed by atoms with van der Waals surface area (Å²) in [6, 6.07) is 6.92. The van der Waals surface area contributed by atoms with Gasteiger partial charge in [-0.25, -0.2) is 4.39 Å². The fourth-order valence-electron chi connectivity index (χ4n) is 5.23. The van der Waals surface area contributed by atoms with Gasteiger partial charge in [0.05, 0.1) is 11.8 Å². The highest BCUT2D eigenvalue weighted by Gasteiger charge is 2.25. The van der Waals surface area contributed by atoms with Crippen molar-refractivity contribution in [2.45, 2.75) is 45.8 Å². The Hall–Kier alpha value is -3.04. The van der Waals surface area contributed by atoms with Crippen molar-refractivity contribution in [3.63, 3.8) is 0 Å². The smallest absolute Gasteiger partial charge is 0.279 e. The first-order valence-corrected chi connectivity index (χ1v) is 12.1. The lowest BCUT2D eigenvalue weighted by Gasteiger charge is -2.32. The van der Waals surface area contributed by atoms with Gasteiger partial charge in [0.25, 0.3) is 11.5 Å². The number of nitrogens with one attached hydrogen (secondary N) is 2. The Bertz CT molecular complexity index is 1260. The maximum Gasteiger partial charge on any atom is 0.279 e. The van der Waals surface area contributed by atoms with Gasteiger partial charge in [0, 0.05) is 50.4 Å². The Labute approximate surface area is 197 Å². The lowest BCUT2D eigenvalue weighted by molar-refractivity contribution is 0.0936. The van der Waals surface area contributed by atoms with Crippen LogP contribution < -0.4 is 16.2 Å². The standard InChI is InChI=1S/C25H31FN6O2/c1-2-31-22-7-10-27-14-19(22)25(34)32-24(31)20(15-29-32)23(33)28-13-17-8-11-30(12-9-17)16-18-5-3-4-6-21(18)26/h3-6,15,17,27H,2,7-14,16H2,1H3,(H,28,33). The molecule has 9 heteroatoms. The maximum atomic E-state index is 13.9. The van der Waals surface area contributed by atoms with E-state index in [0.29, 0.717) is 43.3 Å². The summed E-state index contributed by atoms with van der Waals surface area (Å²) >= 11 is 0. The molecule has 0 saturated carbocycles. The molecular weight excluding hydrogens is 435 g/mol. The molecule has 4 heterocycles. The minimum absolute atomic E-state index is 0.150. The number of aromatic nitrogens is 3. The van der Waals surface area contributed by atoms with E-state index < -0.39 is 0 Å². The average molecular weight is 467 g/mol. The number of amides is 1. The molecule has 2 N–H and O–H groups in total. The van der Waals surface area contributed by atoms with E-state index >= 15 is 0 Å². The molecule has 5 rings (SSSR count). The second-order valence-electron chi connectivity index (χ2n) is 9.22. The lowest BCUT2D eigenvalue weighted by Crippen LogP contribution is -2.39. The number of hydrogen-bond acceptors (Lipinski definition) is 5. The monoisotopic (exact) mass is 466 g/mol. The number of aryl methyl sites for hydroxylation is 1. The van der Waals surface area contributed by atoms with Crippen LogP contribution in [0.5, 0.6) is 0 Å². The minimum Gasteiger partial charge on any atom is -0.352 e. The van der Waals surface area contributed by atoms with Gasteiger partial charge in [-0.3, -0.25) is 14.5 Å². The largest absolute Gasteiger partial charge is 0.352 e. The van der Waals surface area contributed by atoms with Crippen LogP contribution in [0, 0.1) is 11.7 Å². The number of carbonyl (C=O) groups excluding carboxylic acids is 1. The number of rotatable bonds is 6. The van der Waals surface area contributed by atoms with E-state index in [4.69, 9.17) is 0 Å². The summed E-state index contributed by atoms with van der Waals surface area (Å²) in [5.74, 6) is 0.0162. The van der Waals surface area contributed by atoms with Gasteiger partial charge in [-0.2, -0.15) is 9.61 Å². The molecule has 1 fully saturated rings. The zero-order valence-electron chi connectivity index (χ0n) is 19.5. The number of carbonyl (C=O) groups is 1. The van der Waals surface area contributed by atoms with Crippen molar-refractivity contribution in [2.24, 2.45) is 5.92 Å². The van der Waals surface area contributed by atoms with E-state index in [-0.39, 0.29) is 17.3 Å². The number of nitrogens with zero attached hydrogens (tertiary/aromatic N) is 4. The zero-order chi connectivity index (χ0) is 23.7. The van der Waals surface area contributed by atoms with E-state index in [1.807, 2.05) is 19.1 Å². The Balaban J connectivity index is 1.24. The molecule has 2 aliphatic heterocycles. The molecule has 0 atom stereocenters. The Morgan fingerprint density at radius 2 is 2.06 bits per heavy atom. The Kier molecular flexibility index (Phi) is 6.47. The van der Waals surface area contributed by atoms with Gasteiger partial charge in [-0.1, -0.05) is 18.2 Å². The van der Waals surface area contributed by atoms with E-state index in [2.05, 4.69) is 25.2 Å². The summed E-state index contributed by atoms with van der Waals surface area (Å²) in [5, 5.41) is 10.6. The molecule has 8 nitrogen and oxygen atoms in total. The normalized spacial score (nSPS) is 17.1. The molecule has 1 saturated heterocycles. The number of likely N-dealkylation sites (tertiary alicyclic amines) is 1. The predicted octanol–water partition coefficient (Wildman–Crippen LogP) is 1.94. The first-order valence-electron chi connectivity index (χ1n) is 12.1. The summed E-state index contributed by atoms with van der Waals surface area (Å²) in [5.41, 5.74) is 3.32. The quantitative estimate of drug-likeness (QED) is 0.580. The van der Waals surface area contributed by atoms with Gasteiger partial charge >= 0.3 is 0 Å². The minimum atomic E-state index is -0.195. The maximum absolute atomic E-state index is 13.9. The highest BCUT2D eigenvalue weighted by molar-refractivity contribution is 5.99. The molecule has 0 bridgehead atoms. The van der Waals surface area contributed by atoms with Gasteiger partial charge in [0.1, 0.15) is 11.4 Å². The van der Waals surface area contributed by atoms with Crippen LogP contribution in [0.15, 0.2) is 35.3 Å². The lowest BCUT2D eigenvalue weighted by atomic mass is 9.96. The van der Waals surface area contributed by atoms with E-state index in [1.165, 1.54) is 16.8 Å². The topological polar surface area (TPSA) is 83.7 Å². The molecule has 0 spiro atoms. The van der Waals surface area contributed by atoms with Gasteiger partial charge in [-0.05, 0) is 44.8 Å². The first kappa shape index (κ1) is 22.7. The first-order chi connectivity index (χ1) is 16.6. The van der Waals surface area contributed by atoms with Crippen molar-refractivity contribution >= 4 is 11.6 Å². The third kappa shape index (κ3) is 4.25. The van der Waals surface area contributed by atoms with Crippen molar-refractivity contribution in [1.29, 1.82) is 0 Å². The molecule has 1 amide bonds. The number of hydrogen-bond donors (Lipinski definition) is 2. The molecule has 180 valence electrons. The van der Waals surface area contributed by atoms with E-state index in [0.717, 1.165) is 55.7 Å². The molecular formula is C25H31FN6O2. The third-order valence-corrected chi connectivity index (χ3v) is 7.14. The van der Waals surface area contributed by atoms with Crippen LogP contribution in [0.3, 0.4) is 0 Å². The second-order valence-corrected chi connectivity index (χ2v) is 9.22. The molecule has 0 unspecified atom stereocenters. The Morgan fingerprint density at radius 1 is 1.26 bits per heavy atom. The van der Waals surface area contributed by atoms with Gasteiger partial charge in [0.15, 0.2) is 5.65 Å². The molecule has 0 radical (unpaired) electrons. The second kappa shape index (κ2) is 9.68. The fourth-order valence-corrected chi connectivity index (χ4v) is 5.23. The number of halogens is 1. The van der Waals surface area contributed by atoms with Crippen molar-refractivity contribution in [2.75, 3.05) is 26.2 Å². The zero-order valence-corrected chi connectivity index (χ0v) is 19.5. The summed E-state index contributed by atoms with van der Waals surface area (Å²) in [6.07, 6.45) is 4.16. The third-order valence-electron chi connectivity index (χ3n) is 7.14. The van der Waals surface area contributed by atoms with Crippen LogP contribution in [0.2, 0.25) is 0 Å². The molecule has 2 aromatic heterocycles. The highest BCUT2D eigenvalue weighted by atomic mass is 19.1. The van der Waals surface area contributed by atoms with Crippen molar-refractivity contribution in [3.8, 4) is 0 Å². The van der Waals surface area contributed by atoms with Crippen molar-refractivity contribution in [1.82, 2.24) is 29.7 Å². The number of piperidine rings is 1. The van der Waals surface area contributed by atoms with Crippen LogP contribution >= 0.6 is 0 Å². The summed E-state index contributed by atoms with van der Waals surface area (Å²) < 4.78 is 17.4. The molecule has 0 aliphatic carbocycles.